The van der Waals surface area contributed by atoms with E-state index in [0.29, 0.717) is 15.9 Å². The lowest BCUT2D eigenvalue weighted by Gasteiger charge is -2.20. The van der Waals surface area contributed by atoms with E-state index in [1.807, 2.05) is 24.3 Å². The van der Waals surface area contributed by atoms with Crippen molar-refractivity contribution < 1.29 is 8.42 Å². The highest BCUT2D eigenvalue weighted by molar-refractivity contribution is 9.10. The Kier molecular flexibility index (Phi) is 3.11. The molecular weight excluding hydrogens is 326 g/mol. The SMILES string of the molecule is O=S(=O)(c1ccccc1Br)N1CCc2ccccc21. The van der Waals surface area contributed by atoms with Gasteiger partial charge in [-0.15, -0.1) is 0 Å². The van der Waals surface area contributed by atoms with Crippen molar-refractivity contribution >= 4 is 31.6 Å². The van der Waals surface area contributed by atoms with Crippen LogP contribution in [0, 0.1) is 0 Å². The van der Waals surface area contributed by atoms with Crippen LogP contribution in [0.1, 0.15) is 5.56 Å². The molecule has 5 heteroatoms. The lowest BCUT2D eigenvalue weighted by atomic mass is 10.2. The molecule has 0 saturated heterocycles. The fraction of sp³-hybridized carbons (Fsp3) is 0.143. The summed E-state index contributed by atoms with van der Waals surface area (Å²) >= 11 is 3.31. The summed E-state index contributed by atoms with van der Waals surface area (Å²) in [5.74, 6) is 0. The quantitative estimate of drug-likeness (QED) is 0.843. The molecule has 0 fully saturated rings. The van der Waals surface area contributed by atoms with Crippen LogP contribution in [0.2, 0.25) is 0 Å². The van der Waals surface area contributed by atoms with Crippen LogP contribution in [-0.2, 0) is 16.4 Å². The maximum absolute atomic E-state index is 12.7. The van der Waals surface area contributed by atoms with Crippen LogP contribution < -0.4 is 4.31 Å². The molecule has 0 bridgehead atoms. The number of rotatable bonds is 2. The van der Waals surface area contributed by atoms with Crippen LogP contribution in [0.5, 0.6) is 0 Å². The fourth-order valence-corrected chi connectivity index (χ4v) is 4.80. The molecule has 0 aliphatic carbocycles. The van der Waals surface area contributed by atoms with Crippen LogP contribution in [0.15, 0.2) is 57.9 Å². The average molecular weight is 338 g/mol. The molecule has 19 heavy (non-hydrogen) atoms. The number of nitrogens with zero attached hydrogens (tertiary/aromatic N) is 1. The molecule has 0 unspecified atom stereocenters. The van der Waals surface area contributed by atoms with E-state index in [2.05, 4.69) is 15.9 Å². The van der Waals surface area contributed by atoms with Crippen molar-refractivity contribution in [1.29, 1.82) is 0 Å². The molecule has 1 aliphatic heterocycles. The molecule has 2 aromatic rings. The van der Waals surface area contributed by atoms with Gasteiger partial charge in [0.2, 0.25) is 0 Å². The summed E-state index contributed by atoms with van der Waals surface area (Å²) in [6.07, 6.45) is 0.764. The molecule has 0 spiro atoms. The van der Waals surface area contributed by atoms with Gasteiger partial charge in [-0.05, 0) is 46.1 Å². The molecule has 0 saturated carbocycles. The van der Waals surface area contributed by atoms with Crippen molar-refractivity contribution in [2.75, 3.05) is 10.8 Å². The monoisotopic (exact) mass is 337 g/mol. The van der Waals surface area contributed by atoms with E-state index >= 15 is 0 Å². The lowest BCUT2D eigenvalue weighted by molar-refractivity contribution is 0.592. The minimum Gasteiger partial charge on any atom is -0.266 e. The van der Waals surface area contributed by atoms with Gasteiger partial charge in [0.05, 0.1) is 5.69 Å². The van der Waals surface area contributed by atoms with E-state index in [0.717, 1.165) is 17.7 Å². The Labute approximate surface area is 121 Å². The normalized spacial score (nSPS) is 14.5. The van der Waals surface area contributed by atoms with Gasteiger partial charge in [0, 0.05) is 11.0 Å². The van der Waals surface area contributed by atoms with E-state index in [9.17, 15) is 8.42 Å². The summed E-state index contributed by atoms with van der Waals surface area (Å²) in [6.45, 7) is 0.503. The summed E-state index contributed by atoms with van der Waals surface area (Å²) in [5, 5.41) is 0. The molecule has 3 rings (SSSR count). The van der Waals surface area contributed by atoms with E-state index in [-0.39, 0.29) is 0 Å². The van der Waals surface area contributed by atoms with Crippen molar-refractivity contribution in [3.8, 4) is 0 Å². The summed E-state index contributed by atoms with van der Waals surface area (Å²) < 4.78 is 27.5. The Morgan fingerprint density at radius 1 is 1.00 bits per heavy atom. The topological polar surface area (TPSA) is 37.4 Å². The maximum atomic E-state index is 12.7. The highest BCUT2D eigenvalue weighted by Gasteiger charge is 2.31. The molecule has 1 heterocycles. The van der Waals surface area contributed by atoms with Gasteiger partial charge in [-0.2, -0.15) is 0 Å². The van der Waals surface area contributed by atoms with Crippen LogP contribution in [0.25, 0.3) is 0 Å². The van der Waals surface area contributed by atoms with Gasteiger partial charge >= 0.3 is 0 Å². The number of hydrogen-bond donors (Lipinski definition) is 0. The largest absolute Gasteiger partial charge is 0.266 e. The Morgan fingerprint density at radius 2 is 1.68 bits per heavy atom. The van der Waals surface area contributed by atoms with Crippen LogP contribution >= 0.6 is 15.9 Å². The number of hydrogen-bond acceptors (Lipinski definition) is 2. The molecule has 1 aliphatic rings. The van der Waals surface area contributed by atoms with Gasteiger partial charge in [0.1, 0.15) is 4.90 Å². The Balaban J connectivity index is 2.11. The van der Waals surface area contributed by atoms with Crippen LogP contribution in [-0.4, -0.2) is 15.0 Å². The van der Waals surface area contributed by atoms with E-state index < -0.39 is 10.0 Å². The van der Waals surface area contributed by atoms with Crippen molar-refractivity contribution in [1.82, 2.24) is 0 Å². The van der Waals surface area contributed by atoms with Crippen LogP contribution in [0.4, 0.5) is 5.69 Å². The Hall–Kier alpha value is -1.33. The van der Waals surface area contributed by atoms with Gasteiger partial charge < -0.3 is 0 Å². The minimum atomic E-state index is -3.50. The molecule has 98 valence electrons. The molecule has 2 aromatic carbocycles. The molecule has 0 atom stereocenters. The van der Waals surface area contributed by atoms with Gasteiger partial charge in [0.25, 0.3) is 10.0 Å². The summed E-state index contributed by atoms with van der Waals surface area (Å²) in [6, 6.07) is 14.6. The van der Waals surface area contributed by atoms with Gasteiger partial charge in [-0.25, -0.2) is 8.42 Å². The maximum Gasteiger partial charge on any atom is 0.265 e. The minimum absolute atomic E-state index is 0.312. The second kappa shape index (κ2) is 4.65. The first kappa shape index (κ1) is 12.7. The zero-order chi connectivity index (χ0) is 13.5. The Morgan fingerprint density at radius 3 is 2.47 bits per heavy atom. The summed E-state index contributed by atoms with van der Waals surface area (Å²) in [4.78, 5) is 0.312. The fourth-order valence-electron chi connectivity index (χ4n) is 2.33. The number of halogens is 1. The van der Waals surface area contributed by atoms with Gasteiger partial charge in [0.15, 0.2) is 0 Å². The summed E-state index contributed by atoms with van der Waals surface area (Å²) in [7, 11) is -3.50. The third kappa shape index (κ3) is 2.07. The highest BCUT2D eigenvalue weighted by Crippen LogP contribution is 2.34. The number of para-hydroxylation sites is 1. The Bertz CT molecular complexity index is 728. The summed E-state index contributed by atoms with van der Waals surface area (Å²) in [5.41, 5.74) is 1.87. The number of fused-ring (bicyclic) bond motifs is 1. The van der Waals surface area contributed by atoms with Gasteiger partial charge in [-0.3, -0.25) is 4.31 Å². The van der Waals surface area contributed by atoms with Crippen molar-refractivity contribution in [3.05, 3.63) is 58.6 Å². The number of anilines is 1. The smallest absolute Gasteiger partial charge is 0.265 e. The molecule has 3 nitrogen and oxygen atoms in total. The third-order valence-electron chi connectivity index (χ3n) is 3.25. The first-order valence-electron chi connectivity index (χ1n) is 5.96. The standard InChI is InChI=1S/C14H12BrNO2S/c15-12-6-2-4-8-14(12)19(17,18)16-10-9-11-5-1-3-7-13(11)16/h1-8H,9-10H2. The van der Waals surface area contributed by atoms with Gasteiger partial charge in [-0.1, -0.05) is 30.3 Å². The van der Waals surface area contributed by atoms with E-state index in [4.69, 9.17) is 0 Å². The first-order chi connectivity index (χ1) is 9.10. The molecule has 0 aromatic heterocycles. The third-order valence-corrected chi connectivity index (χ3v) is 6.07. The zero-order valence-electron chi connectivity index (χ0n) is 10.1. The predicted molar refractivity (Wildman–Crippen MR) is 78.8 cm³/mol. The van der Waals surface area contributed by atoms with E-state index in [1.165, 1.54) is 4.31 Å². The lowest BCUT2D eigenvalue weighted by Crippen LogP contribution is -2.29. The average Bonchev–Trinajstić information content (AvgIpc) is 2.83. The highest BCUT2D eigenvalue weighted by atomic mass is 79.9. The molecule has 0 amide bonds. The molecule has 0 radical (unpaired) electrons. The number of benzene rings is 2. The van der Waals surface area contributed by atoms with Crippen molar-refractivity contribution in [2.45, 2.75) is 11.3 Å². The molecular formula is C14H12BrNO2S. The predicted octanol–water partition coefficient (Wildman–Crippen LogP) is 3.20. The van der Waals surface area contributed by atoms with Crippen molar-refractivity contribution in [3.63, 3.8) is 0 Å². The second-order valence-electron chi connectivity index (χ2n) is 4.39. The van der Waals surface area contributed by atoms with Crippen LogP contribution in [0.3, 0.4) is 0 Å². The second-order valence-corrected chi connectivity index (χ2v) is 7.07. The zero-order valence-corrected chi connectivity index (χ0v) is 12.5. The molecule has 0 N–H and O–H groups in total. The van der Waals surface area contributed by atoms with E-state index in [1.54, 1.807) is 24.3 Å². The first-order valence-corrected chi connectivity index (χ1v) is 8.19. The number of sulfonamides is 1. The van der Waals surface area contributed by atoms with Crippen molar-refractivity contribution in [2.24, 2.45) is 0 Å².